The van der Waals surface area contributed by atoms with E-state index in [2.05, 4.69) is 4.98 Å². The van der Waals surface area contributed by atoms with Crippen molar-refractivity contribution in [3.63, 3.8) is 0 Å². The molecule has 0 saturated carbocycles. The third-order valence-corrected chi connectivity index (χ3v) is 4.28. The van der Waals surface area contributed by atoms with Crippen LogP contribution in [0.4, 0.5) is 20.3 Å². The number of anilines is 2. The average molecular weight is 426 g/mol. The molecule has 0 fully saturated rings. The fraction of sp³-hybridized carbons (Fsp3) is 0.421. The highest BCUT2D eigenvalue weighted by molar-refractivity contribution is 5.96. The van der Waals surface area contributed by atoms with Crippen molar-refractivity contribution in [1.82, 2.24) is 9.55 Å². The molecule has 3 N–H and O–H groups in total. The minimum atomic E-state index is -0.975. The summed E-state index contributed by atoms with van der Waals surface area (Å²) in [5, 5.41) is 0. The van der Waals surface area contributed by atoms with Gasteiger partial charge in [-0.3, -0.25) is 24.0 Å². The van der Waals surface area contributed by atoms with Gasteiger partial charge >= 0.3 is 5.69 Å². The number of amides is 1. The van der Waals surface area contributed by atoms with Gasteiger partial charge in [0.1, 0.15) is 11.6 Å². The number of ether oxygens (including phenoxy) is 2. The zero-order valence-corrected chi connectivity index (χ0v) is 16.7. The summed E-state index contributed by atoms with van der Waals surface area (Å²) in [5.74, 6) is -2.99. The van der Waals surface area contributed by atoms with E-state index < -0.39 is 35.4 Å². The molecule has 0 spiro atoms. The van der Waals surface area contributed by atoms with E-state index in [-0.39, 0.29) is 37.0 Å². The monoisotopic (exact) mass is 426 g/mol. The number of hydrogen-bond acceptors (Lipinski definition) is 6. The van der Waals surface area contributed by atoms with Gasteiger partial charge in [-0.15, -0.1) is 0 Å². The molecule has 0 unspecified atom stereocenters. The molecule has 0 aliphatic heterocycles. The van der Waals surface area contributed by atoms with Gasteiger partial charge in [0.25, 0.3) is 11.5 Å². The molecule has 2 rings (SSSR count). The van der Waals surface area contributed by atoms with Crippen LogP contribution in [0.15, 0.2) is 27.8 Å². The Labute approximate surface area is 171 Å². The molecule has 30 heavy (non-hydrogen) atoms. The number of aromatic amines is 1. The van der Waals surface area contributed by atoms with Crippen LogP contribution in [0.25, 0.3) is 0 Å². The SMILES string of the molecule is CCCCn1c(N)c(N(CCOC)C(=O)COc2ccc(F)cc2F)c(=O)[nH]c1=O. The van der Waals surface area contributed by atoms with Gasteiger partial charge < -0.3 is 15.2 Å². The van der Waals surface area contributed by atoms with Crippen molar-refractivity contribution in [2.45, 2.75) is 26.3 Å². The van der Waals surface area contributed by atoms with Crippen LogP contribution in [0.5, 0.6) is 5.75 Å². The molecule has 1 amide bonds. The van der Waals surface area contributed by atoms with Gasteiger partial charge in [0, 0.05) is 26.3 Å². The van der Waals surface area contributed by atoms with E-state index in [0.717, 1.165) is 23.5 Å². The van der Waals surface area contributed by atoms with Gasteiger partial charge in [0.15, 0.2) is 23.9 Å². The first-order chi connectivity index (χ1) is 14.3. The highest BCUT2D eigenvalue weighted by Crippen LogP contribution is 2.20. The van der Waals surface area contributed by atoms with E-state index >= 15 is 0 Å². The lowest BCUT2D eigenvalue weighted by Crippen LogP contribution is -2.44. The zero-order chi connectivity index (χ0) is 22.3. The fourth-order valence-electron chi connectivity index (χ4n) is 2.73. The average Bonchev–Trinajstić information content (AvgIpc) is 2.69. The number of benzene rings is 1. The normalized spacial score (nSPS) is 10.8. The number of aromatic nitrogens is 2. The molecule has 11 heteroatoms. The number of nitrogens with two attached hydrogens (primary N) is 1. The van der Waals surface area contributed by atoms with Gasteiger partial charge in [0.2, 0.25) is 0 Å². The van der Waals surface area contributed by atoms with Gasteiger partial charge in [-0.25, -0.2) is 13.6 Å². The second-order valence-corrected chi connectivity index (χ2v) is 6.40. The smallest absolute Gasteiger partial charge is 0.330 e. The maximum absolute atomic E-state index is 13.7. The number of hydrogen-bond donors (Lipinski definition) is 2. The van der Waals surface area contributed by atoms with E-state index in [9.17, 15) is 23.2 Å². The van der Waals surface area contributed by atoms with Crippen LogP contribution in [0.2, 0.25) is 0 Å². The highest BCUT2D eigenvalue weighted by Gasteiger charge is 2.24. The lowest BCUT2D eigenvalue weighted by atomic mass is 10.3. The largest absolute Gasteiger partial charge is 0.481 e. The Kier molecular flexibility index (Phi) is 8.10. The maximum atomic E-state index is 13.7. The lowest BCUT2D eigenvalue weighted by Gasteiger charge is -2.24. The standard InChI is InChI=1S/C19H24F2N4O5/c1-3-4-7-25-17(22)16(18(27)23-19(25)28)24(8-9-29-2)15(26)11-30-14-6-5-12(20)10-13(14)21/h5-6,10H,3-4,7-9,11,22H2,1-2H3,(H,23,27,28). The quantitative estimate of drug-likeness (QED) is 0.590. The van der Waals surface area contributed by atoms with Crippen LogP contribution < -0.4 is 26.6 Å². The first-order valence-corrected chi connectivity index (χ1v) is 9.29. The summed E-state index contributed by atoms with van der Waals surface area (Å²) >= 11 is 0. The van der Waals surface area contributed by atoms with Crippen molar-refractivity contribution >= 4 is 17.4 Å². The maximum Gasteiger partial charge on any atom is 0.330 e. The molecule has 1 aromatic carbocycles. The Morgan fingerprint density at radius 1 is 1.30 bits per heavy atom. The second kappa shape index (κ2) is 10.5. The van der Waals surface area contributed by atoms with E-state index in [1.165, 1.54) is 11.7 Å². The Bertz CT molecular complexity index is 1010. The molecule has 2 aromatic rings. The Balaban J connectivity index is 2.35. The lowest BCUT2D eigenvalue weighted by molar-refractivity contribution is -0.120. The number of methoxy groups -OCH3 is 1. The molecule has 1 heterocycles. The van der Waals surface area contributed by atoms with Crippen LogP contribution in [-0.4, -0.2) is 42.3 Å². The van der Waals surface area contributed by atoms with Gasteiger partial charge in [0.05, 0.1) is 6.61 Å². The summed E-state index contributed by atoms with van der Waals surface area (Å²) in [6, 6.07) is 2.65. The summed E-state index contributed by atoms with van der Waals surface area (Å²) < 4.78 is 38.1. The number of unbranched alkanes of at least 4 members (excludes halogenated alkanes) is 1. The molecule has 164 valence electrons. The molecular formula is C19H24F2N4O5. The Hall–Kier alpha value is -3.21. The summed E-state index contributed by atoms with van der Waals surface area (Å²) in [5.41, 5.74) is 4.30. The predicted molar refractivity (Wildman–Crippen MR) is 107 cm³/mol. The molecule has 1 aromatic heterocycles. The van der Waals surface area contributed by atoms with Crippen molar-refractivity contribution in [1.29, 1.82) is 0 Å². The molecule has 0 saturated heterocycles. The third-order valence-electron chi connectivity index (χ3n) is 4.28. The molecule has 0 atom stereocenters. The summed E-state index contributed by atoms with van der Waals surface area (Å²) in [6.45, 7) is 1.52. The first kappa shape index (κ1) is 23.1. The summed E-state index contributed by atoms with van der Waals surface area (Å²) in [4.78, 5) is 40.5. The van der Waals surface area contributed by atoms with E-state index in [1.807, 2.05) is 6.92 Å². The molecule has 0 bridgehead atoms. The number of rotatable bonds is 10. The van der Waals surface area contributed by atoms with Gasteiger partial charge in [-0.05, 0) is 18.6 Å². The Morgan fingerprint density at radius 2 is 2.03 bits per heavy atom. The van der Waals surface area contributed by atoms with Gasteiger partial charge in [-0.2, -0.15) is 0 Å². The zero-order valence-electron chi connectivity index (χ0n) is 16.7. The van der Waals surface area contributed by atoms with Crippen LogP contribution in [0.3, 0.4) is 0 Å². The molecular weight excluding hydrogens is 402 g/mol. The second-order valence-electron chi connectivity index (χ2n) is 6.40. The fourth-order valence-corrected chi connectivity index (χ4v) is 2.73. The van der Waals surface area contributed by atoms with Crippen LogP contribution in [0, 0.1) is 11.6 Å². The number of nitrogens with zero attached hydrogens (tertiary/aromatic N) is 2. The van der Waals surface area contributed by atoms with Crippen LogP contribution >= 0.6 is 0 Å². The van der Waals surface area contributed by atoms with Crippen LogP contribution in [0.1, 0.15) is 19.8 Å². The molecule has 0 aliphatic carbocycles. The molecule has 0 aliphatic rings. The van der Waals surface area contributed by atoms with Crippen molar-refractivity contribution in [2.24, 2.45) is 0 Å². The highest BCUT2D eigenvalue weighted by atomic mass is 19.1. The topological polar surface area (TPSA) is 120 Å². The van der Waals surface area contributed by atoms with Crippen molar-refractivity contribution in [2.75, 3.05) is 37.5 Å². The van der Waals surface area contributed by atoms with E-state index in [1.54, 1.807) is 0 Å². The van der Waals surface area contributed by atoms with Crippen LogP contribution in [-0.2, 0) is 16.1 Å². The minimum Gasteiger partial charge on any atom is -0.481 e. The number of nitrogen functional groups attached to an aromatic ring is 1. The number of halogens is 2. The Morgan fingerprint density at radius 3 is 2.67 bits per heavy atom. The first-order valence-electron chi connectivity index (χ1n) is 9.29. The van der Waals surface area contributed by atoms with Crippen molar-refractivity contribution in [3.05, 3.63) is 50.7 Å². The molecule has 9 nitrogen and oxygen atoms in total. The number of H-pyrrole nitrogens is 1. The number of carbonyl (C=O) groups excluding carboxylic acids is 1. The van der Waals surface area contributed by atoms with Gasteiger partial charge in [-0.1, -0.05) is 13.3 Å². The van der Waals surface area contributed by atoms with Crippen molar-refractivity contribution < 1.29 is 23.0 Å². The third kappa shape index (κ3) is 5.44. The summed E-state index contributed by atoms with van der Waals surface area (Å²) in [6.07, 6.45) is 1.41. The number of nitrogens with one attached hydrogen (secondary N) is 1. The predicted octanol–water partition coefficient (Wildman–Crippen LogP) is 1.26. The summed E-state index contributed by atoms with van der Waals surface area (Å²) in [7, 11) is 1.41. The van der Waals surface area contributed by atoms with Crippen molar-refractivity contribution in [3.8, 4) is 5.75 Å². The van der Waals surface area contributed by atoms with E-state index in [4.69, 9.17) is 15.2 Å². The number of carbonyl (C=O) groups is 1. The molecule has 0 radical (unpaired) electrons. The minimum absolute atomic E-state index is 0.0591. The van der Waals surface area contributed by atoms with E-state index in [0.29, 0.717) is 12.5 Å².